The molecule has 1 aliphatic rings. The van der Waals surface area contributed by atoms with Gasteiger partial charge in [-0.25, -0.2) is 4.98 Å². The molecule has 0 spiro atoms. The Morgan fingerprint density at radius 1 is 1.56 bits per heavy atom. The number of pyridine rings is 1. The predicted octanol–water partition coefficient (Wildman–Crippen LogP) is 1.45. The van der Waals surface area contributed by atoms with Gasteiger partial charge in [-0.15, -0.1) is 6.42 Å². The van der Waals surface area contributed by atoms with Gasteiger partial charge in [-0.2, -0.15) is 0 Å². The van der Waals surface area contributed by atoms with Crippen LogP contribution in [0.4, 0.5) is 5.82 Å². The van der Waals surface area contributed by atoms with Gasteiger partial charge in [0, 0.05) is 30.8 Å². The third-order valence-electron chi connectivity index (χ3n) is 3.19. The SMILES string of the molecule is C#Cc1ccc(N2CC(C)(C)C(OC)C2=O)nc1. The van der Waals surface area contributed by atoms with E-state index in [0.717, 1.165) is 0 Å². The molecule has 1 atom stereocenters. The molecule has 2 rings (SSSR count). The minimum Gasteiger partial charge on any atom is -0.371 e. The fourth-order valence-corrected chi connectivity index (χ4v) is 2.29. The number of anilines is 1. The van der Waals surface area contributed by atoms with Gasteiger partial charge in [-0.1, -0.05) is 19.8 Å². The largest absolute Gasteiger partial charge is 0.371 e. The van der Waals surface area contributed by atoms with Crippen molar-refractivity contribution < 1.29 is 9.53 Å². The maximum atomic E-state index is 12.2. The van der Waals surface area contributed by atoms with E-state index >= 15 is 0 Å². The molecular formula is C14H16N2O2. The number of amides is 1. The number of carbonyl (C=O) groups is 1. The zero-order valence-electron chi connectivity index (χ0n) is 10.8. The molecule has 1 amide bonds. The highest BCUT2D eigenvalue weighted by molar-refractivity contribution is 5.99. The minimum atomic E-state index is -0.424. The molecule has 1 unspecified atom stereocenters. The predicted molar refractivity (Wildman–Crippen MR) is 69.1 cm³/mol. The van der Waals surface area contributed by atoms with Crippen LogP contribution >= 0.6 is 0 Å². The maximum Gasteiger partial charge on any atom is 0.257 e. The van der Waals surface area contributed by atoms with Crippen molar-refractivity contribution in [1.29, 1.82) is 0 Å². The van der Waals surface area contributed by atoms with Crippen LogP contribution in [0.25, 0.3) is 0 Å². The van der Waals surface area contributed by atoms with E-state index in [2.05, 4.69) is 10.9 Å². The van der Waals surface area contributed by atoms with Crippen LogP contribution in [0.2, 0.25) is 0 Å². The quantitative estimate of drug-likeness (QED) is 0.739. The molecule has 2 heterocycles. The van der Waals surface area contributed by atoms with Crippen molar-refractivity contribution in [2.24, 2.45) is 5.41 Å². The Bertz CT molecular complexity index is 500. The average Bonchev–Trinajstić information content (AvgIpc) is 2.59. The molecule has 0 aromatic carbocycles. The van der Waals surface area contributed by atoms with Gasteiger partial charge in [0.15, 0.2) is 0 Å². The van der Waals surface area contributed by atoms with E-state index in [9.17, 15) is 4.79 Å². The molecule has 94 valence electrons. The standard InChI is InChI=1S/C14H16N2O2/c1-5-10-6-7-11(15-8-10)16-9-14(2,3)12(18-4)13(16)17/h1,6-8,12H,9H2,2-4H3. The lowest BCUT2D eigenvalue weighted by Gasteiger charge is -2.21. The lowest BCUT2D eigenvalue weighted by Crippen LogP contribution is -2.33. The number of hydrogen-bond donors (Lipinski definition) is 0. The molecule has 0 aliphatic carbocycles. The highest BCUT2D eigenvalue weighted by atomic mass is 16.5. The van der Waals surface area contributed by atoms with Gasteiger partial charge in [0.05, 0.1) is 0 Å². The number of ether oxygens (including phenoxy) is 1. The lowest BCUT2D eigenvalue weighted by atomic mass is 9.90. The van der Waals surface area contributed by atoms with Crippen LogP contribution in [-0.4, -0.2) is 30.6 Å². The van der Waals surface area contributed by atoms with Crippen LogP contribution in [0.3, 0.4) is 0 Å². The highest BCUT2D eigenvalue weighted by Crippen LogP contribution is 2.34. The molecule has 0 saturated carbocycles. The summed E-state index contributed by atoms with van der Waals surface area (Å²) in [5, 5.41) is 0. The van der Waals surface area contributed by atoms with Gasteiger partial charge in [0.25, 0.3) is 5.91 Å². The van der Waals surface area contributed by atoms with Gasteiger partial charge in [-0.3, -0.25) is 9.69 Å². The van der Waals surface area contributed by atoms with E-state index in [1.165, 1.54) is 0 Å². The Morgan fingerprint density at radius 2 is 2.28 bits per heavy atom. The van der Waals surface area contributed by atoms with Gasteiger partial charge >= 0.3 is 0 Å². The minimum absolute atomic E-state index is 0.0524. The molecule has 1 saturated heterocycles. The summed E-state index contributed by atoms with van der Waals surface area (Å²) in [4.78, 5) is 18.1. The first-order valence-electron chi connectivity index (χ1n) is 5.76. The second-order valence-corrected chi connectivity index (χ2v) is 5.08. The number of aromatic nitrogens is 1. The molecule has 18 heavy (non-hydrogen) atoms. The first kappa shape index (κ1) is 12.6. The topological polar surface area (TPSA) is 42.4 Å². The Kier molecular flexibility index (Phi) is 3.10. The van der Waals surface area contributed by atoms with Crippen LogP contribution in [0.15, 0.2) is 18.3 Å². The van der Waals surface area contributed by atoms with E-state index in [0.29, 0.717) is 17.9 Å². The van der Waals surface area contributed by atoms with Crippen LogP contribution in [0.1, 0.15) is 19.4 Å². The van der Waals surface area contributed by atoms with Crippen molar-refractivity contribution in [3.8, 4) is 12.3 Å². The summed E-state index contributed by atoms with van der Waals surface area (Å²) in [7, 11) is 1.56. The van der Waals surface area contributed by atoms with E-state index < -0.39 is 6.10 Å². The second-order valence-electron chi connectivity index (χ2n) is 5.08. The van der Waals surface area contributed by atoms with Crippen molar-refractivity contribution in [2.75, 3.05) is 18.6 Å². The van der Waals surface area contributed by atoms with Gasteiger partial charge in [0.2, 0.25) is 0 Å². The monoisotopic (exact) mass is 244 g/mol. The molecule has 0 bridgehead atoms. The smallest absolute Gasteiger partial charge is 0.257 e. The molecule has 1 fully saturated rings. The first-order chi connectivity index (χ1) is 8.49. The highest BCUT2D eigenvalue weighted by Gasteiger charge is 2.47. The maximum absolute atomic E-state index is 12.2. The van der Waals surface area contributed by atoms with E-state index in [1.807, 2.05) is 13.8 Å². The number of hydrogen-bond acceptors (Lipinski definition) is 3. The number of terminal acetylenes is 1. The Labute approximate surface area is 107 Å². The van der Waals surface area contributed by atoms with Gasteiger partial charge < -0.3 is 4.74 Å². The van der Waals surface area contributed by atoms with Gasteiger partial charge in [-0.05, 0) is 12.1 Å². The van der Waals surface area contributed by atoms with E-state index in [4.69, 9.17) is 11.2 Å². The zero-order chi connectivity index (χ0) is 13.3. The lowest BCUT2D eigenvalue weighted by molar-refractivity contribution is -0.128. The normalized spacial score (nSPS) is 22.0. The zero-order valence-corrected chi connectivity index (χ0v) is 10.8. The Balaban J connectivity index is 2.30. The summed E-state index contributed by atoms with van der Waals surface area (Å²) in [5.74, 6) is 3.07. The van der Waals surface area contributed by atoms with Crippen molar-refractivity contribution in [3.05, 3.63) is 23.9 Å². The van der Waals surface area contributed by atoms with Crippen molar-refractivity contribution in [2.45, 2.75) is 20.0 Å². The number of nitrogens with zero attached hydrogens (tertiary/aromatic N) is 2. The van der Waals surface area contributed by atoms with E-state index in [-0.39, 0.29) is 11.3 Å². The summed E-state index contributed by atoms with van der Waals surface area (Å²) < 4.78 is 5.28. The average molecular weight is 244 g/mol. The van der Waals surface area contributed by atoms with E-state index in [1.54, 1.807) is 30.3 Å². The molecule has 4 nitrogen and oxygen atoms in total. The summed E-state index contributed by atoms with van der Waals surface area (Å²) in [6, 6.07) is 3.55. The molecule has 4 heteroatoms. The van der Waals surface area contributed by atoms with Crippen molar-refractivity contribution in [1.82, 2.24) is 4.98 Å². The first-order valence-corrected chi connectivity index (χ1v) is 5.76. The third kappa shape index (κ3) is 1.98. The van der Waals surface area contributed by atoms with Crippen LogP contribution < -0.4 is 4.90 Å². The molecule has 1 aromatic rings. The van der Waals surface area contributed by atoms with Crippen LogP contribution in [0.5, 0.6) is 0 Å². The third-order valence-corrected chi connectivity index (χ3v) is 3.19. The summed E-state index contributed by atoms with van der Waals surface area (Å²) in [6.45, 7) is 4.61. The number of rotatable bonds is 2. The van der Waals surface area contributed by atoms with Crippen LogP contribution in [-0.2, 0) is 9.53 Å². The fourth-order valence-electron chi connectivity index (χ4n) is 2.29. The molecule has 0 radical (unpaired) electrons. The molecular weight excluding hydrogens is 228 g/mol. The number of methoxy groups -OCH3 is 1. The summed E-state index contributed by atoms with van der Waals surface area (Å²) in [6.07, 6.45) is 6.45. The fraction of sp³-hybridized carbons (Fsp3) is 0.429. The summed E-state index contributed by atoms with van der Waals surface area (Å²) in [5.41, 5.74) is 0.478. The number of carbonyl (C=O) groups excluding carboxylic acids is 1. The van der Waals surface area contributed by atoms with Gasteiger partial charge in [0.1, 0.15) is 11.9 Å². The summed E-state index contributed by atoms with van der Waals surface area (Å²) >= 11 is 0. The Morgan fingerprint density at radius 3 is 2.72 bits per heavy atom. The molecule has 0 N–H and O–H groups in total. The van der Waals surface area contributed by atoms with Crippen molar-refractivity contribution in [3.63, 3.8) is 0 Å². The van der Waals surface area contributed by atoms with Crippen LogP contribution in [0, 0.1) is 17.8 Å². The molecule has 1 aliphatic heterocycles. The second kappa shape index (κ2) is 4.43. The van der Waals surface area contributed by atoms with Crippen molar-refractivity contribution >= 4 is 11.7 Å². The molecule has 1 aromatic heterocycles. The Hall–Kier alpha value is -1.86.